The van der Waals surface area contributed by atoms with Crippen LogP contribution in [0.25, 0.3) is 0 Å². The number of nitrogens with zero attached hydrogens (tertiary/aromatic N) is 1. The number of carbonyl (C=O) groups is 1. The molecule has 26 heavy (non-hydrogen) atoms. The van der Waals surface area contributed by atoms with E-state index < -0.39 is 22.5 Å². The molecule has 2 N–H and O–H groups in total. The predicted octanol–water partition coefficient (Wildman–Crippen LogP) is 2.99. The van der Waals surface area contributed by atoms with Gasteiger partial charge in [-0.25, -0.2) is 4.79 Å². The Morgan fingerprint density at radius 1 is 1.31 bits per heavy atom. The SMILES string of the molecule is CC(C)(N)C1Cc2c(C(=O)OCc3ccccc3)ccc([N+](=O)[O-])c2O1. The van der Waals surface area contributed by atoms with Crippen molar-refractivity contribution in [1.29, 1.82) is 0 Å². The molecular formula is C19H20N2O5. The zero-order chi connectivity index (χ0) is 18.9. The monoisotopic (exact) mass is 356 g/mol. The van der Waals surface area contributed by atoms with Crippen molar-refractivity contribution in [2.24, 2.45) is 5.73 Å². The standard InChI is InChI=1S/C19H20N2O5/c1-19(2,20)16-10-14-13(8-9-15(21(23)24)17(14)26-16)18(22)25-11-12-6-4-3-5-7-12/h3-9,16H,10-11,20H2,1-2H3. The summed E-state index contributed by atoms with van der Waals surface area (Å²) in [7, 11) is 0. The van der Waals surface area contributed by atoms with Crippen LogP contribution in [-0.2, 0) is 17.8 Å². The van der Waals surface area contributed by atoms with Gasteiger partial charge in [-0.3, -0.25) is 10.1 Å². The molecule has 0 aromatic heterocycles. The van der Waals surface area contributed by atoms with Gasteiger partial charge in [0.1, 0.15) is 12.7 Å². The number of hydrogen-bond donors (Lipinski definition) is 1. The minimum atomic E-state index is -0.710. The number of nitrogens with two attached hydrogens (primary N) is 1. The lowest BCUT2D eigenvalue weighted by molar-refractivity contribution is -0.385. The Hall–Kier alpha value is -2.93. The zero-order valence-electron chi connectivity index (χ0n) is 14.6. The molecular weight excluding hydrogens is 336 g/mol. The van der Waals surface area contributed by atoms with Crippen LogP contribution in [0, 0.1) is 10.1 Å². The van der Waals surface area contributed by atoms with Crippen LogP contribution in [0.2, 0.25) is 0 Å². The molecule has 0 saturated heterocycles. The molecule has 1 aliphatic rings. The molecule has 7 heteroatoms. The van der Waals surface area contributed by atoms with Crippen LogP contribution < -0.4 is 10.5 Å². The maximum atomic E-state index is 12.5. The summed E-state index contributed by atoms with van der Waals surface area (Å²) >= 11 is 0. The second-order valence-electron chi connectivity index (χ2n) is 6.89. The number of fused-ring (bicyclic) bond motifs is 1. The zero-order valence-corrected chi connectivity index (χ0v) is 14.6. The van der Waals surface area contributed by atoms with Crippen LogP contribution >= 0.6 is 0 Å². The van der Waals surface area contributed by atoms with E-state index >= 15 is 0 Å². The van der Waals surface area contributed by atoms with E-state index in [0.717, 1.165) is 5.56 Å². The largest absolute Gasteiger partial charge is 0.481 e. The van der Waals surface area contributed by atoms with E-state index in [4.69, 9.17) is 15.2 Å². The van der Waals surface area contributed by atoms with Gasteiger partial charge in [0.2, 0.25) is 5.75 Å². The Kier molecular flexibility index (Phi) is 4.65. The molecule has 1 atom stereocenters. The average molecular weight is 356 g/mol. The van der Waals surface area contributed by atoms with E-state index in [2.05, 4.69) is 0 Å². The summed E-state index contributed by atoms with van der Waals surface area (Å²) in [5.41, 5.74) is 6.81. The van der Waals surface area contributed by atoms with Crippen LogP contribution in [0.4, 0.5) is 5.69 Å². The molecule has 0 radical (unpaired) electrons. The first-order valence-electron chi connectivity index (χ1n) is 8.24. The van der Waals surface area contributed by atoms with E-state index in [9.17, 15) is 14.9 Å². The number of benzene rings is 2. The number of nitro benzene ring substituents is 1. The summed E-state index contributed by atoms with van der Waals surface area (Å²) in [6.07, 6.45) is -0.143. The van der Waals surface area contributed by atoms with Crippen LogP contribution in [0.1, 0.15) is 35.3 Å². The fourth-order valence-corrected chi connectivity index (χ4v) is 2.87. The average Bonchev–Trinajstić information content (AvgIpc) is 3.05. The number of nitro groups is 1. The van der Waals surface area contributed by atoms with Gasteiger partial charge in [0, 0.05) is 23.6 Å². The molecule has 0 bridgehead atoms. The van der Waals surface area contributed by atoms with Gasteiger partial charge in [0.05, 0.1) is 10.5 Å². The minimum absolute atomic E-state index is 0.104. The lowest BCUT2D eigenvalue weighted by Gasteiger charge is -2.25. The normalized spacial score (nSPS) is 15.9. The van der Waals surface area contributed by atoms with Crippen molar-refractivity contribution in [3.8, 4) is 5.75 Å². The lowest BCUT2D eigenvalue weighted by atomic mass is 9.93. The highest BCUT2D eigenvalue weighted by molar-refractivity contribution is 5.93. The quantitative estimate of drug-likeness (QED) is 0.502. The predicted molar refractivity (Wildman–Crippen MR) is 95.0 cm³/mol. The molecule has 0 saturated carbocycles. The molecule has 3 rings (SSSR count). The highest BCUT2D eigenvalue weighted by Gasteiger charge is 2.40. The highest BCUT2D eigenvalue weighted by atomic mass is 16.6. The second-order valence-corrected chi connectivity index (χ2v) is 6.89. The summed E-state index contributed by atoms with van der Waals surface area (Å²) < 4.78 is 11.1. The summed E-state index contributed by atoms with van der Waals surface area (Å²) in [4.78, 5) is 23.3. The Balaban J connectivity index is 1.88. The van der Waals surface area contributed by atoms with E-state index in [-0.39, 0.29) is 23.6 Å². The number of rotatable bonds is 5. The molecule has 136 valence electrons. The van der Waals surface area contributed by atoms with Gasteiger partial charge < -0.3 is 15.2 Å². The molecule has 2 aromatic rings. The number of ether oxygens (including phenoxy) is 2. The van der Waals surface area contributed by atoms with Gasteiger partial charge in [0.15, 0.2) is 0 Å². The van der Waals surface area contributed by atoms with Crippen molar-refractivity contribution >= 4 is 11.7 Å². The van der Waals surface area contributed by atoms with Crippen LogP contribution in [-0.4, -0.2) is 22.5 Å². The van der Waals surface area contributed by atoms with Crippen LogP contribution in [0.3, 0.4) is 0 Å². The molecule has 1 unspecified atom stereocenters. The Morgan fingerprint density at radius 2 is 2.00 bits per heavy atom. The second kappa shape index (κ2) is 6.76. The van der Waals surface area contributed by atoms with Crippen molar-refractivity contribution in [1.82, 2.24) is 0 Å². The van der Waals surface area contributed by atoms with Gasteiger partial charge in [-0.1, -0.05) is 30.3 Å². The fraction of sp³-hybridized carbons (Fsp3) is 0.316. The van der Waals surface area contributed by atoms with Gasteiger partial charge in [-0.2, -0.15) is 0 Å². The van der Waals surface area contributed by atoms with Crippen molar-refractivity contribution in [3.05, 3.63) is 69.3 Å². The summed E-state index contributed by atoms with van der Waals surface area (Å²) in [5, 5.41) is 11.3. The maximum absolute atomic E-state index is 12.5. The first-order valence-corrected chi connectivity index (χ1v) is 8.24. The highest BCUT2D eigenvalue weighted by Crippen LogP contribution is 2.41. The molecule has 2 aromatic carbocycles. The smallest absolute Gasteiger partial charge is 0.338 e. The molecule has 1 heterocycles. The number of hydrogen-bond acceptors (Lipinski definition) is 6. The Labute approximate surface area is 150 Å². The summed E-state index contributed by atoms with van der Waals surface area (Å²) in [5.74, 6) is -0.438. The van der Waals surface area contributed by atoms with E-state index in [1.54, 1.807) is 13.8 Å². The summed E-state index contributed by atoms with van der Waals surface area (Å²) in [6, 6.07) is 12.0. The van der Waals surface area contributed by atoms with E-state index in [1.165, 1.54) is 12.1 Å². The number of esters is 1. The molecule has 0 aliphatic carbocycles. The Morgan fingerprint density at radius 3 is 2.62 bits per heavy atom. The van der Waals surface area contributed by atoms with Gasteiger partial charge >= 0.3 is 11.7 Å². The topological polar surface area (TPSA) is 105 Å². The first-order chi connectivity index (χ1) is 12.3. The lowest BCUT2D eigenvalue weighted by Crippen LogP contribution is -2.47. The van der Waals surface area contributed by atoms with Crippen molar-refractivity contribution in [3.63, 3.8) is 0 Å². The van der Waals surface area contributed by atoms with Crippen molar-refractivity contribution < 1.29 is 19.2 Å². The minimum Gasteiger partial charge on any atom is -0.481 e. The van der Waals surface area contributed by atoms with Gasteiger partial charge in [-0.05, 0) is 25.5 Å². The van der Waals surface area contributed by atoms with Crippen LogP contribution in [0.15, 0.2) is 42.5 Å². The maximum Gasteiger partial charge on any atom is 0.338 e. The van der Waals surface area contributed by atoms with Gasteiger partial charge in [-0.15, -0.1) is 0 Å². The van der Waals surface area contributed by atoms with Crippen molar-refractivity contribution in [2.45, 2.75) is 38.5 Å². The van der Waals surface area contributed by atoms with E-state index in [1.807, 2.05) is 30.3 Å². The van der Waals surface area contributed by atoms with Crippen LogP contribution in [0.5, 0.6) is 5.75 Å². The molecule has 0 amide bonds. The third kappa shape index (κ3) is 3.52. The third-order valence-corrected chi connectivity index (χ3v) is 4.35. The third-order valence-electron chi connectivity index (χ3n) is 4.35. The molecule has 1 aliphatic heterocycles. The first kappa shape index (κ1) is 17.9. The van der Waals surface area contributed by atoms with Gasteiger partial charge in [0.25, 0.3) is 0 Å². The Bertz CT molecular complexity index is 843. The number of carbonyl (C=O) groups excluding carboxylic acids is 1. The molecule has 0 fully saturated rings. The fourth-order valence-electron chi connectivity index (χ4n) is 2.87. The van der Waals surface area contributed by atoms with Crippen molar-refractivity contribution in [2.75, 3.05) is 0 Å². The molecule has 0 spiro atoms. The van der Waals surface area contributed by atoms with E-state index in [0.29, 0.717) is 12.0 Å². The molecule has 7 nitrogen and oxygen atoms in total. The summed E-state index contributed by atoms with van der Waals surface area (Å²) in [6.45, 7) is 3.68.